The first kappa shape index (κ1) is 64.8. The predicted molar refractivity (Wildman–Crippen MR) is 270 cm³/mol. The van der Waals surface area contributed by atoms with E-state index in [1.807, 2.05) is 0 Å². The Hall–Kier alpha value is -3.22. The van der Waals surface area contributed by atoms with Gasteiger partial charge in [-0.3, -0.25) is 28.8 Å². The molecular weight excluding hydrogens is 867 g/mol. The molecule has 0 atom stereocenters. The number of hydrogen-bond acceptors (Lipinski definition) is 13. The molecule has 0 spiro atoms. The quantitative estimate of drug-likeness (QED) is 0.0322. The van der Waals surface area contributed by atoms with Crippen LogP contribution >= 0.6 is 0 Å². The molecule has 0 aromatic rings. The second-order valence-corrected chi connectivity index (χ2v) is 19.4. The van der Waals surface area contributed by atoms with Gasteiger partial charge in [-0.2, -0.15) is 0 Å². The predicted octanol–water partition coefficient (Wildman–Crippen LogP) is 12.8. The molecule has 0 amide bonds. The van der Waals surface area contributed by atoms with Gasteiger partial charge < -0.3 is 33.3 Å². The maximum absolute atomic E-state index is 13.7. The van der Waals surface area contributed by atoms with Crippen LogP contribution < -0.4 is 0 Å². The molecule has 0 aliphatic heterocycles. The van der Waals surface area contributed by atoms with Crippen LogP contribution in [-0.4, -0.2) is 99.5 Å². The van der Waals surface area contributed by atoms with Gasteiger partial charge in [-0.25, -0.2) is 0 Å². The van der Waals surface area contributed by atoms with E-state index in [1.54, 1.807) is 0 Å². The summed E-state index contributed by atoms with van der Waals surface area (Å²) in [5, 5.41) is 0. The van der Waals surface area contributed by atoms with Gasteiger partial charge in [0.05, 0.1) is 13.2 Å². The lowest BCUT2D eigenvalue weighted by Crippen LogP contribution is -2.44. The molecule has 0 unspecified atom stereocenters. The summed E-state index contributed by atoms with van der Waals surface area (Å²) in [5.41, 5.74) is -1.42. The summed E-state index contributed by atoms with van der Waals surface area (Å²) < 4.78 is 34.1. The fourth-order valence-corrected chi connectivity index (χ4v) is 8.01. The SMILES string of the molecule is CCCCCCCCOC(=O)CCCC(=O)OCC(COC(=O)CCCC(=O)OCCCCCCCC)(COC(=O)CCCN(CC)C(C)C)COC(=O)CC(CCCCCC)CCCCCC. The van der Waals surface area contributed by atoms with E-state index in [9.17, 15) is 28.8 Å². The first-order chi connectivity index (χ1) is 32.8. The van der Waals surface area contributed by atoms with Gasteiger partial charge in [0.2, 0.25) is 0 Å². The Labute approximate surface area is 414 Å². The monoisotopic (exact) mass is 968 g/mol. The topological polar surface area (TPSA) is 161 Å². The summed E-state index contributed by atoms with van der Waals surface area (Å²) in [6, 6.07) is 0.321. The normalized spacial score (nSPS) is 11.6. The molecule has 398 valence electrons. The fourth-order valence-electron chi connectivity index (χ4n) is 8.01. The molecular formula is C55H101NO12. The van der Waals surface area contributed by atoms with Crippen LogP contribution in [-0.2, 0) is 57.2 Å². The number of hydrogen-bond donors (Lipinski definition) is 0. The standard InChI is InChI=1S/C55H101NO12/c1-8-13-17-21-23-27-40-63-49(57)34-29-36-51(59)65-43-55(45-67-53(61)38-31-39-56(12-5)47(6)7,44-66-52(60)37-30-35-50(58)64-41-28-24-22-18-14-9-2)46-68-54(62)42-48(32-25-19-15-10-3)33-26-20-16-11-4/h47-48H,8-46H2,1-7H3. The number of nitrogens with zero attached hydrogens (tertiary/aromatic N) is 1. The molecule has 0 fully saturated rings. The summed E-state index contributed by atoms with van der Waals surface area (Å²) in [4.78, 5) is 80.4. The zero-order valence-electron chi connectivity index (χ0n) is 44.6. The molecule has 0 aromatic heterocycles. The summed E-state index contributed by atoms with van der Waals surface area (Å²) in [6.07, 6.45) is 24.9. The molecule has 0 aliphatic carbocycles. The van der Waals surface area contributed by atoms with Crippen molar-refractivity contribution in [3.05, 3.63) is 0 Å². The second kappa shape index (κ2) is 45.0. The largest absolute Gasteiger partial charge is 0.466 e. The van der Waals surface area contributed by atoms with E-state index in [0.29, 0.717) is 32.2 Å². The van der Waals surface area contributed by atoms with Crippen molar-refractivity contribution in [3.8, 4) is 0 Å². The zero-order valence-corrected chi connectivity index (χ0v) is 44.6. The Morgan fingerprint density at radius 1 is 0.382 bits per heavy atom. The molecule has 68 heavy (non-hydrogen) atoms. The van der Waals surface area contributed by atoms with Crippen LogP contribution in [0.4, 0.5) is 0 Å². The lowest BCUT2D eigenvalue weighted by Gasteiger charge is -2.32. The molecule has 0 bridgehead atoms. The van der Waals surface area contributed by atoms with E-state index in [-0.39, 0.29) is 95.7 Å². The van der Waals surface area contributed by atoms with Crippen molar-refractivity contribution in [1.82, 2.24) is 4.90 Å². The van der Waals surface area contributed by atoms with Gasteiger partial charge in [0.1, 0.15) is 31.8 Å². The highest BCUT2D eigenvalue weighted by molar-refractivity contribution is 5.73. The molecule has 0 saturated carbocycles. The smallest absolute Gasteiger partial charge is 0.306 e. The number of unbranched alkanes of at least 4 members (excludes halogenated alkanes) is 16. The number of carbonyl (C=O) groups excluding carboxylic acids is 6. The van der Waals surface area contributed by atoms with Crippen molar-refractivity contribution in [2.75, 3.05) is 52.7 Å². The first-order valence-electron chi connectivity index (χ1n) is 27.5. The molecule has 0 aliphatic rings. The van der Waals surface area contributed by atoms with Gasteiger partial charge in [0, 0.05) is 44.6 Å². The van der Waals surface area contributed by atoms with Gasteiger partial charge in [0.25, 0.3) is 0 Å². The van der Waals surface area contributed by atoms with Crippen LogP contribution in [0.2, 0.25) is 0 Å². The van der Waals surface area contributed by atoms with Gasteiger partial charge in [0.15, 0.2) is 0 Å². The first-order valence-corrected chi connectivity index (χ1v) is 27.5. The average molecular weight is 968 g/mol. The molecule has 13 heteroatoms. The summed E-state index contributed by atoms with van der Waals surface area (Å²) >= 11 is 0. The molecule has 0 heterocycles. The highest BCUT2D eigenvalue weighted by Crippen LogP contribution is 2.26. The summed E-state index contributed by atoms with van der Waals surface area (Å²) in [6.45, 7) is 15.8. The highest BCUT2D eigenvalue weighted by Gasteiger charge is 2.38. The Kier molecular flexibility index (Phi) is 42.8. The fraction of sp³-hybridized carbons (Fsp3) is 0.891. The third kappa shape index (κ3) is 38.6. The number of rotatable bonds is 48. The van der Waals surface area contributed by atoms with Crippen molar-refractivity contribution in [2.24, 2.45) is 11.3 Å². The van der Waals surface area contributed by atoms with Crippen LogP contribution in [0.5, 0.6) is 0 Å². The van der Waals surface area contributed by atoms with E-state index in [1.165, 1.54) is 38.5 Å². The summed E-state index contributed by atoms with van der Waals surface area (Å²) in [7, 11) is 0. The highest BCUT2D eigenvalue weighted by atomic mass is 16.6. The zero-order chi connectivity index (χ0) is 50.5. The van der Waals surface area contributed by atoms with E-state index in [2.05, 4.69) is 53.4 Å². The molecule has 0 rings (SSSR count). The van der Waals surface area contributed by atoms with E-state index < -0.39 is 29.3 Å². The van der Waals surface area contributed by atoms with Crippen molar-refractivity contribution in [1.29, 1.82) is 0 Å². The van der Waals surface area contributed by atoms with Crippen molar-refractivity contribution in [2.45, 2.75) is 254 Å². The lowest BCUT2D eigenvalue weighted by atomic mass is 9.91. The van der Waals surface area contributed by atoms with Crippen LogP contribution in [0.3, 0.4) is 0 Å². The summed E-state index contributed by atoms with van der Waals surface area (Å²) in [5.74, 6) is -2.69. The van der Waals surface area contributed by atoms with Crippen LogP contribution in [0.15, 0.2) is 0 Å². The molecule has 0 N–H and O–H groups in total. The van der Waals surface area contributed by atoms with Crippen molar-refractivity contribution >= 4 is 35.8 Å². The van der Waals surface area contributed by atoms with Gasteiger partial charge >= 0.3 is 35.8 Å². The third-order valence-electron chi connectivity index (χ3n) is 12.6. The average Bonchev–Trinajstić information content (AvgIpc) is 3.31. The van der Waals surface area contributed by atoms with Gasteiger partial charge in [-0.1, -0.05) is 150 Å². The molecule has 0 saturated heterocycles. The maximum Gasteiger partial charge on any atom is 0.306 e. The van der Waals surface area contributed by atoms with E-state index >= 15 is 0 Å². The number of esters is 6. The Bertz CT molecular complexity index is 1230. The lowest BCUT2D eigenvalue weighted by molar-refractivity contribution is -0.171. The van der Waals surface area contributed by atoms with Crippen LogP contribution in [0.25, 0.3) is 0 Å². The van der Waals surface area contributed by atoms with Gasteiger partial charge in [-0.05, 0) is 77.8 Å². The van der Waals surface area contributed by atoms with E-state index in [0.717, 1.165) is 109 Å². The minimum Gasteiger partial charge on any atom is -0.466 e. The maximum atomic E-state index is 13.7. The van der Waals surface area contributed by atoms with Crippen LogP contribution in [0.1, 0.15) is 248 Å². The Morgan fingerprint density at radius 3 is 1.07 bits per heavy atom. The minimum absolute atomic E-state index is 0.0554. The Morgan fingerprint density at radius 2 is 0.706 bits per heavy atom. The molecule has 0 aromatic carbocycles. The molecule has 0 radical (unpaired) electrons. The van der Waals surface area contributed by atoms with Crippen molar-refractivity contribution < 1.29 is 57.2 Å². The van der Waals surface area contributed by atoms with Crippen LogP contribution in [0, 0.1) is 11.3 Å². The third-order valence-corrected chi connectivity index (χ3v) is 12.6. The second-order valence-electron chi connectivity index (χ2n) is 19.4. The van der Waals surface area contributed by atoms with Gasteiger partial charge in [-0.15, -0.1) is 0 Å². The number of ether oxygens (including phenoxy) is 6. The number of carbonyl (C=O) groups is 6. The molecule has 13 nitrogen and oxygen atoms in total. The minimum atomic E-state index is -1.42. The van der Waals surface area contributed by atoms with E-state index in [4.69, 9.17) is 28.4 Å². The Balaban J connectivity index is 6.03. The van der Waals surface area contributed by atoms with Crippen molar-refractivity contribution in [3.63, 3.8) is 0 Å².